The molecule has 1 fully saturated rings. The second-order valence-corrected chi connectivity index (χ2v) is 4.75. The first kappa shape index (κ1) is 13.8. The minimum atomic E-state index is -0.433. The Labute approximate surface area is 113 Å². The molecule has 1 aromatic rings. The topological polar surface area (TPSA) is 70.6 Å². The van der Waals surface area contributed by atoms with E-state index in [-0.39, 0.29) is 11.9 Å². The first-order valence-electron chi connectivity index (χ1n) is 6.56. The molecule has 0 aliphatic carbocycles. The standard InChI is InChI=1S/C14H20N2O3/c1-3-19-11-4-5-12(9(2)6-11)16-14(18)13-7-10(17)8-15-13/h4-6,10,13,15,17H,3,7-8H2,1-2H3,(H,16,18)/t10-,13+/m0/s1. The molecule has 1 heterocycles. The third-order valence-corrected chi connectivity index (χ3v) is 3.19. The number of aliphatic hydroxyl groups is 1. The van der Waals surface area contributed by atoms with Crippen LogP contribution in [0.3, 0.4) is 0 Å². The summed E-state index contributed by atoms with van der Waals surface area (Å²) < 4.78 is 5.40. The van der Waals surface area contributed by atoms with Crippen molar-refractivity contribution in [2.24, 2.45) is 0 Å². The number of anilines is 1. The Morgan fingerprint density at radius 2 is 2.37 bits per heavy atom. The van der Waals surface area contributed by atoms with E-state index < -0.39 is 6.10 Å². The van der Waals surface area contributed by atoms with E-state index in [4.69, 9.17) is 4.74 Å². The van der Waals surface area contributed by atoms with Crippen molar-refractivity contribution in [1.82, 2.24) is 5.32 Å². The van der Waals surface area contributed by atoms with E-state index in [9.17, 15) is 9.90 Å². The molecule has 5 heteroatoms. The van der Waals surface area contributed by atoms with Gasteiger partial charge in [-0.2, -0.15) is 0 Å². The van der Waals surface area contributed by atoms with E-state index in [2.05, 4.69) is 10.6 Å². The van der Waals surface area contributed by atoms with Gasteiger partial charge in [0.25, 0.3) is 0 Å². The molecule has 1 aromatic carbocycles. The molecule has 5 nitrogen and oxygen atoms in total. The monoisotopic (exact) mass is 264 g/mol. The fourth-order valence-electron chi connectivity index (χ4n) is 2.17. The van der Waals surface area contributed by atoms with Crippen LogP contribution in [0, 0.1) is 6.92 Å². The number of carbonyl (C=O) groups excluding carboxylic acids is 1. The Balaban J connectivity index is 2.00. The molecular weight excluding hydrogens is 244 g/mol. The zero-order valence-corrected chi connectivity index (χ0v) is 11.3. The van der Waals surface area contributed by atoms with Crippen molar-refractivity contribution in [1.29, 1.82) is 0 Å². The third kappa shape index (κ3) is 3.45. The number of nitrogens with one attached hydrogen (secondary N) is 2. The van der Waals surface area contributed by atoms with Gasteiger partial charge in [-0.05, 0) is 44.0 Å². The van der Waals surface area contributed by atoms with Gasteiger partial charge < -0.3 is 20.5 Å². The molecular formula is C14H20N2O3. The number of hydrogen-bond acceptors (Lipinski definition) is 4. The molecule has 104 valence electrons. The summed E-state index contributed by atoms with van der Waals surface area (Å²) in [6.07, 6.45) is 0.0271. The largest absolute Gasteiger partial charge is 0.494 e. The Morgan fingerprint density at radius 1 is 1.58 bits per heavy atom. The van der Waals surface area contributed by atoms with Crippen LogP contribution < -0.4 is 15.4 Å². The molecule has 1 aliphatic rings. The van der Waals surface area contributed by atoms with Crippen molar-refractivity contribution in [3.63, 3.8) is 0 Å². The average Bonchev–Trinajstić information content (AvgIpc) is 2.80. The Hall–Kier alpha value is -1.59. The van der Waals surface area contributed by atoms with Crippen LogP contribution in [0.1, 0.15) is 18.9 Å². The van der Waals surface area contributed by atoms with Crippen molar-refractivity contribution in [2.45, 2.75) is 32.4 Å². The van der Waals surface area contributed by atoms with Gasteiger partial charge in [-0.25, -0.2) is 0 Å². The Morgan fingerprint density at radius 3 is 2.95 bits per heavy atom. The number of ether oxygens (including phenoxy) is 1. The molecule has 0 bridgehead atoms. The number of aryl methyl sites for hydroxylation is 1. The minimum absolute atomic E-state index is 0.108. The maximum absolute atomic E-state index is 12.0. The summed E-state index contributed by atoms with van der Waals surface area (Å²) in [5.74, 6) is 0.691. The van der Waals surface area contributed by atoms with E-state index in [1.54, 1.807) is 0 Å². The maximum atomic E-state index is 12.0. The highest BCUT2D eigenvalue weighted by atomic mass is 16.5. The molecule has 2 rings (SSSR count). The molecule has 1 saturated heterocycles. The van der Waals surface area contributed by atoms with Gasteiger partial charge in [0.2, 0.25) is 5.91 Å². The highest BCUT2D eigenvalue weighted by molar-refractivity contribution is 5.95. The molecule has 2 atom stereocenters. The fraction of sp³-hybridized carbons (Fsp3) is 0.500. The number of aliphatic hydroxyl groups excluding tert-OH is 1. The summed E-state index contributed by atoms with van der Waals surface area (Å²) in [6, 6.07) is 5.25. The normalized spacial score (nSPS) is 22.3. The predicted octanol–water partition coefficient (Wildman–Crippen LogP) is 1.06. The summed E-state index contributed by atoms with van der Waals surface area (Å²) >= 11 is 0. The second kappa shape index (κ2) is 6.04. The first-order valence-corrected chi connectivity index (χ1v) is 6.56. The van der Waals surface area contributed by atoms with Crippen LogP contribution in [-0.2, 0) is 4.79 Å². The van der Waals surface area contributed by atoms with Crippen molar-refractivity contribution >= 4 is 11.6 Å². The molecule has 3 N–H and O–H groups in total. The number of β-amino-alcohol motifs (C(OH)–C–C–N with tert-alkyl or cyclic N) is 1. The first-order chi connectivity index (χ1) is 9.10. The molecule has 1 amide bonds. The quantitative estimate of drug-likeness (QED) is 0.760. The maximum Gasteiger partial charge on any atom is 0.241 e. The summed E-state index contributed by atoms with van der Waals surface area (Å²) in [7, 11) is 0. The van der Waals surface area contributed by atoms with E-state index in [0.29, 0.717) is 19.6 Å². The Kier molecular flexibility index (Phi) is 4.39. The lowest BCUT2D eigenvalue weighted by Gasteiger charge is -2.14. The van der Waals surface area contributed by atoms with Crippen LogP contribution >= 0.6 is 0 Å². The van der Waals surface area contributed by atoms with Crippen LogP contribution in [0.4, 0.5) is 5.69 Å². The number of amides is 1. The number of carbonyl (C=O) groups is 1. The van der Waals surface area contributed by atoms with Crippen LogP contribution in [0.2, 0.25) is 0 Å². The lowest BCUT2D eigenvalue weighted by molar-refractivity contribution is -0.117. The van der Waals surface area contributed by atoms with Crippen molar-refractivity contribution < 1.29 is 14.6 Å². The van der Waals surface area contributed by atoms with Crippen LogP contribution in [0.5, 0.6) is 5.75 Å². The molecule has 0 spiro atoms. The number of hydrogen-bond donors (Lipinski definition) is 3. The fourth-order valence-corrected chi connectivity index (χ4v) is 2.17. The summed E-state index contributed by atoms with van der Waals surface area (Å²) in [4.78, 5) is 12.0. The van der Waals surface area contributed by atoms with E-state index in [0.717, 1.165) is 17.0 Å². The minimum Gasteiger partial charge on any atom is -0.494 e. The summed E-state index contributed by atoms with van der Waals surface area (Å²) in [6.45, 7) is 4.95. The molecule has 0 saturated carbocycles. The lowest BCUT2D eigenvalue weighted by Crippen LogP contribution is -2.35. The number of rotatable bonds is 4. The molecule has 0 aromatic heterocycles. The highest BCUT2D eigenvalue weighted by Crippen LogP contribution is 2.22. The summed E-state index contributed by atoms with van der Waals surface area (Å²) in [5, 5.41) is 15.3. The van der Waals surface area contributed by atoms with Crippen LogP contribution in [-0.4, -0.2) is 36.3 Å². The zero-order valence-electron chi connectivity index (χ0n) is 11.3. The van der Waals surface area contributed by atoms with Crippen molar-refractivity contribution in [3.8, 4) is 5.75 Å². The van der Waals surface area contributed by atoms with Crippen molar-refractivity contribution in [2.75, 3.05) is 18.5 Å². The van der Waals surface area contributed by atoms with Gasteiger partial charge in [-0.1, -0.05) is 0 Å². The predicted molar refractivity (Wildman–Crippen MR) is 73.4 cm³/mol. The highest BCUT2D eigenvalue weighted by Gasteiger charge is 2.28. The van der Waals surface area contributed by atoms with Gasteiger partial charge >= 0.3 is 0 Å². The summed E-state index contributed by atoms with van der Waals surface area (Å²) in [5.41, 5.74) is 1.73. The lowest BCUT2D eigenvalue weighted by atomic mass is 10.1. The van der Waals surface area contributed by atoms with Gasteiger partial charge in [0.05, 0.1) is 18.8 Å². The van der Waals surface area contributed by atoms with Gasteiger partial charge in [-0.15, -0.1) is 0 Å². The van der Waals surface area contributed by atoms with Crippen molar-refractivity contribution in [3.05, 3.63) is 23.8 Å². The molecule has 0 unspecified atom stereocenters. The van der Waals surface area contributed by atoms with Gasteiger partial charge in [0.1, 0.15) is 5.75 Å². The molecule has 19 heavy (non-hydrogen) atoms. The second-order valence-electron chi connectivity index (χ2n) is 4.75. The Bertz CT molecular complexity index is 462. The van der Waals surface area contributed by atoms with E-state index in [1.165, 1.54) is 0 Å². The van der Waals surface area contributed by atoms with Crippen LogP contribution in [0.15, 0.2) is 18.2 Å². The van der Waals surface area contributed by atoms with Gasteiger partial charge in [0, 0.05) is 12.2 Å². The zero-order chi connectivity index (χ0) is 13.8. The number of benzene rings is 1. The molecule has 0 radical (unpaired) electrons. The molecule has 1 aliphatic heterocycles. The third-order valence-electron chi connectivity index (χ3n) is 3.19. The van der Waals surface area contributed by atoms with Crippen LogP contribution in [0.25, 0.3) is 0 Å². The average molecular weight is 264 g/mol. The van der Waals surface area contributed by atoms with E-state index >= 15 is 0 Å². The SMILES string of the molecule is CCOc1ccc(NC(=O)[C@H]2C[C@H](O)CN2)c(C)c1. The van der Waals surface area contributed by atoms with Gasteiger partial charge in [-0.3, -0.25) is 4.79 Å². The smallest absolute Gasteiger partial charge is 0.241 e. The van der Waals surface area contributed by atoms with Gasteiger partial charge in [0.15, 0.2) is 0 Å². The van der Waals surface area contributed by atoms with E-state index in [1.807, 2.05) is 32.0 Å².